The Morgan fingerprint density at radius 1 is 0.906 bits per heavy atom. The van der Waals surface area contributed by atoms with Gasteiger partial charge in [0.15, 0.2) is 6.17 Å². The first-order chi connectivity index (χ1) is 15.6. The summed E-state index contributed by atoms with van der Waals surface area (Å²) in [6.07, 6.45) is 18.2. The molecular weight excluding hydrogens is 398 g/mol. The van der Waals surface area contributed by atoms with Crippen LogP contribution in [0.2, 0.25) is 0 Å². The number of hydrogen-bond donors (Lipinski definition) is 0. The van der Waals surface area contributed by atoms with Crippen molar-refractivity contribution in [3.05, 3.63) is 60.0 Å². The molecule has 0 amide bonds. The summed E-state index contributed by atoms with van der Waals surface area (Å²) in [5.74, 6) is 2.00. The summed E-state index contributed by atoms with van der Waals surface area (Å²) in [6, 6.07) is 7.38. The van der Waals surface area contributed by atoms with Gasteiger partial charge < -0.3 is 0 Å². The van der Waals surface area contributed by atoms with Crippen molar-refractivity contribution in [3.8, 4) is 0 Å². The van der Waals surface area contributed by atoms with Crippen molar-refractivity contribution in [2.24, 2.45) is 29.1 Å². The van der Waals surface area contributed by atoms with Crippen LogP contribution < -0.4 is 10.4 Å². The van der Waals surface area contributed by atoms with Gasteiger partial charge in [-0.3, -0.25) is 0 Å². The Balaban J connectivity index is 1.42. The van der Waals surface area contributed by atoms with Gasteiger partial charge in [0.05, 0.1) is 0 Å². The van der Waals surface area contributed by atoms with Gasteiger partial charge in [-0.25, -0.2) is 8.78 Å². The van der Waals surface area contributed by atoms with Gasteiger partial charge in [0.2, 0.25) is 0 Å². The molecule has 0 aliphatic heterocycles. The second-order valence-corrected chi connectivity index (χ2v) is 10.7. The second kappa shape index (κ2) is 10.5. The zero-order valence-corrected chi connectivity index (χ0v) is 19.6. The third kappa shape index (κ3) is 4.80. The normalized spacial score (nSPS) is 34.9. The van der Waals surface area contributed by atoms with Gasteiger partial charge in [0.1, 0.15) is 5.83 Å². The molecule has 0 N–H and O–H groups in total. The predicted octanol–water partition coefficient (Wildman–Crippen LogP) is 7.43. The maximum Gasteiger partial charge on any atom is 0.161 e. The average molecular weight is 439 g/mol. The van der Waals surface area contributed by atoms with Crippen LogP contribution in [-0.4, -0.2) is 6.17 Å². The fourth-order valence-electron chi connectivity index (χ4n) is 6.83. The fraction of sp³-hybridized carbons (Fsp3) is 0.600. The first-order valence-electron chi connectivity index (χ1n) is 12.9. The number of fused-ring (bicyclic) bond motifs is 1. The van der Waals surface area contributed by atoms with Crippen LogP contribution in [0, 0.1) is 29.1 Å². The molecule has 174 valence electrons. The summed E-state index contributed by atoms with van der Waals surface area (Å²) in [7, 11) is 0. The average Bonchev–Trinajstić information content (AvgIpc) is 2.85. The summed E-state index contributed by atoms with van der Waals surface area (Å²) in [5.41, 5.74) is -0.735. The molecule has 2 saturated carbocycles. The van der Waals surface area contributed by atoms with Crippen LogP contribution in [0.25, 0.3) is 11.9 Å². The summed E-state index contributed by atoms with van der Waals surface area (Å²) in [4.78, 5) is 0. The van der Waals surface area contributed by atoms with Gasteiger partial charge in [0, 0.05) is 10.6 Å². The Bertz CT molecular complexity index is 899. The van der Waals surface area contributed by atoms with Crippen LogP contribution in [-0.2, 0) is 0 Å². The highest BCUT2D eigenvalue weighted by atomic mass is 19.2. The molecule has 4 rings (SSSR count). The number of alkyl halides is 1. The van der Waals surface area contributed by atoms with E-state index in [0.717, 1.165) is 55.1 Å². The SMILES string of the molecule is C=CCCC1(C2CCC(CCC3CCC(C=C)CC3)CC2)C=c2ccccc2=C(F)C1F. The number of rotatable bonds is 8. The van der Waals surface area contributed by atoms with Gasteiger partial charge in [-0.1, -0.05) is 68.2 Å². The van der Waals surface area contributed by atoms with E-state index >= 15 is 8.78 Å². The van der Waals surface area contributed by atoms with Crippen LogP contribution in [0.3, 0.4) is 0 Å². The van der Waals surface area contributed by atoms with Crippen LogP contribution in [0.5, 0.6) is 0 Å². The molecule has 0 saturated heterocycles. The lowest BCUT2D eigenvalue weighted by Crippen LogP contribution is -2.48. The summed E-state index contributed by atoms with van der Waals surface area (Å²) >= 11 is 0. The van der Waals surface area contributed by atoms with Gasteiger partial charge in [-0.2, -0.15) is 0 Å². The van der Waals surface area contributed by atoms with Crippen molar-refractivity contribution in [1.82, 2.24) is 0 Å². The van der Waals surface area contributed by atoms with Crippen LogP contribution >= 0.6 is 0 Å². The quantitative estimate of drug-likeness (QED) is 0.370. The summed E-state index contributed by atoms with van der Waals surface area (Å²) in [5, 5.41) is 1.30. The number of allylic oxidation sites excluding steroid dienone is 2. The lowest BCUT2D eigenvalue weighted by Gasteiger charge is -2.45. The molecule has 0 aromatic heterocycles. The van der Waals surface area contributed by atoms with Gasteiger partial charge >= 0.3 is 0 Å². The van der Waals surface area contributed by atoms with Crippen LogP contribution in [0.4, 0.5) is 8.78 Å². The molecule has 2 unspecified atom stereocenters. The lowest BCUT2D eigenvalue weighted by molar-refractivity contribution is 0.0756. The van der Waals surface area contributed by atoms with E-state index in [1.807, 2.05) is 18.2 Å². The molecule has 32 heavy (non-hydrogen) atoms. The second-order valence-electron chi connectivity index (χ2n) is 10.7. The minimum atomic E-state index is -1.54. The Morgan fingerprint density at radius 2 is 1.53 bits per heavy atom. The third-order valence-electron chi connectivity index (χ3n) is 8.93. The minimum absolute atomic E-state index is 0.204. The summed E-state index contributed by atoms with van der Waals surface area (Å²) < 4.78 is 30.9. The van der Waals surface area contributed by atoms with E-state index in [9.17, 15) is 0 Å². The number of benzene rings is 1. The number of halogens is 2. The van der Waals surface area contributed by atoms with Crippen molar-refractivity contribution in [1.29, 1.82) is 0 Å². The van der Waals surface area contributed by atoms with Crippen LogP contribution in [0.15, 0.2) is 49.6 Å². The highest BCUT2D eigenvalue weighted by Gasteiger charge is 2.48. The van der Waals surface area contributed by atoms with Gasteiger partial charge in [0.25, 0.3) is 0 Å². The predicted molar refractivity (Wildman–Crippen MR) is 132 cm³/mol. The molecule has 3 aliphatic rings. The largest absolute Gasteiger partial charge is 0.239 e. The lowest BCUT2D eigenvalue weighted by atomic mass is 9.60. The van der Waals surface area contributed by atoms with E-state index in [1.54, 1.807) is 12.1 Å². The Hall–Kier alpha value is -1.70. The van der Waals surface area contributed by atoms with Crippen molar-refractivity contribution in [2.45, 2.75) is 83.2 Å². The molecule has 2 heteroatoms. The monoisotopic (exact) mass is 438 g/mol. The van der Waals surface area contributed by atoms with E-state index in [1.165, 1.54) is 38.5 Å². The molecule has 0 heterocycles. The van der Waals surface area contributed by atoms with E-state index in [2.05, 4.69) is 25.3 Å². The van der Waals surface area contributed by atoms with Crippen molar-refractivity contribution < 1.29 is 8.78 Å². The maximum atomic E-state index is 15.7. The Labute approximate surface area is 193 Å². The smallest absolute Gasteiger partial charge is 0.161 e. The highest BCUT2D eigenvalue weighted by molar-refractivity contribution is 5.55. The topological polar surface area (TPSA) is 0 Å². The molecule has 0 bridgehead atoms. The molecule has 0 nitrogen and oxygen atoms in total. The molecule has 0 spiro atoms. The van der Waals surface area contributed by atoms with Crippen molar-refractivity contribution >= 4 is 11.9 Å². The van der Waals surface area contributed by atoms with Crippen molar-refractivity contribution in [3.63, 3.8) is 0 Å². The van der Waals surface area contributed by atoms with E-state index in [4.69, 9.17) is 0 Å². The fourth-order valence-corrected chi connectivity index (χ4v) is 6.83. The first kappa shape index (κ1) is 23.5. The van der Waals surface area contributed by atoms with Gasteiger partial charge in [-0.05, 0) is 80.3 Å². The Kier molecular flexibility index (Phi) is 7.69. The zero-order chi connectivity index (χ0) is 22.6. The van der Waals surface area contributed by atoms with E-state index in [-0.39, 0.29) is 5.92 Å². The minimum Gasteiger partial charge on any atom is -0.239 e. The van der Waals surface area contributed by atoms with Crippen molar-refractivity contribution in [2.75, 3.05) is 0 Å². The van der Waals surface area contributed by atoms with Crippen LogP contribution in [0.1, 0.15) is 77.0 Å². The molecule has 3 aliphatic carbocycles. The molecule has 1 aromatic rings. The standard InChI is InChI=1S/C30H40F2/c1-3-5-20-30(21-25-8-6-7-9-27(25)28(31)29(30)32)26-18-16-24(17-19-26)15-14-23-12-10-22(4-2)11-13-23/h3-4,6-9,21-24,26,29H,1-2,5,10-20H2. The first-order valence-corrected chi connectivity index (χ1v) is 12.9. The number of hydrogen-bond acceptors (Lipinski definition) is 0. The zero-order valence-electron chi connectivity index (χ0n) is 19.6. The molecule has 0 radical (unpaired) electrons. The van der Waals surface area contributed by atoms with Gasteiger partial charge in [-0.15, -0.1) is 13.2 Å². The van der Waals surface area contributed by atoms with E-state index in [0.29, 0.717) is 11.6 Å². The molecule has 2 atom stereocenters. The molecular formula is C30H40F2. The summed E-state index contributed by atoms with van der Waals surface area (Å²) in [6.45, 7) is 7.82. The third-order valence-corrected chi connectivity index (χ3v) is 8.93. The Morgan fingerprint density at radius 3 is 2.16 bits per heavy atom. The molecule has 1 aromatic carbocycles. The maximum absolute atomic E-state index is 15.7. The molecule has 2 fully saturated rings. The highest BCUT2D eigenvalue weighted by Crippen LogP contribution is 2.51. The van der Waals surface area contributed by atoms with E-state index < -0.39 is 17.4 Å².